The van der Waals surface area contributed by atoms with Gasteiger partial charge in [0.05, 0.1) is 11.0 Å². The molecule has 2 rings (SSSR count). The van der Waals surface area contributed by atoms with Crippen LogP contribution >= 0.6 is 11.6 Å². The number of halogens is 1. The number of hydrogen-bond donors (Lipinski definition) is 2. The van der Waals surface area contributed by atoms with Gasteiger partial charge in [-0.15, -0.1) is 0 Å². The summed E-state index contributed by atoms with van der Waals surface area (Å²) in [4.78, 5) is 0.239. The van der Waals surface area contributed by atoms with Crippen molar-refractivity contribution in [3.63, 3.8) is 0 Å². The Hall–Kier alpha value is -0.620. The first kappa shape index (κ1) is 12.8. The SMILES string of the molecule is Cc1cc(Cl)ccc1S(=O)(=O)NC1CC(O)C1. The van der Waals surface area contributed by atoms with E-state index in [1.807, 2.05) is 0 Å². The highest BCUT2D eigenvalue weighted by atomic mass is 35.5. The number of aliphatic hydroxyl groups excluding tert-OH is 1. The van der Waals surface area contributed by atoms with Crippen LogP contribution in [0.1, 0.15) is 18.4 Å². The van der Waals surface area contributed by atoms with Crippen LogP contribution in [0.3, 0.4) is 0 Å². The van der Waals surface area contributed by atoms with Gasteiger partial charge in [-0.05, 0) is 43.5 Å². The molecule has 0 bridgehead atoms. The largest absolute Gasteiger partial charge is 0.393 e. The normalized spacial score (nSPS) is 24.4. The molecule has 94 valence electrons. The molecule has 0 aromatic heterocycles. The maximum atomic E-state index is 12.0. The summed E-state index contributed by atoms with van der Waals surface area (Å²) < 4.78 is 26.6. The van der Waals surface area contributed by atoms with Crippen molar-refractivity contribution in [1.29, 1.82) is 0 Å². The Morgan fingerprint density at radius 3 is 2.59 bits per heavy atom. The second-order valence-corrected chi connectivity index (χ2v) is 6.47. The molecule has 1 saturated carbocycles. The molecule has 4 nitrogen and oxygen atoms in total. The number of hydrogen-bond acceptors (Lipinski definition) is 3. The maximum absolute atomic E-state index is 12.0. The van der Waals surface area contributed by atoms with Gasteiger partial charge in [0.2, 0.25) is 10.0 Å². The van der Waals surface area contributed by atoms with E-state index in [1.165, 1.54) is 6.07 Å². The van der Waals surface area contributed by atoms with Crippen LogP contribution in [0.15, 0.2) is 23.1 Å². The molecule has 1 aliphatic rings. The van der Waals surface area contributed by atoms with Crippen molar-refractivity contribution in [2.24, 2.45) is 0 Å². The van der Waals surface area contributed by atoms with Crippen molar-refractivity contribution >= 4 is 21.6 Å². The third kappa shape index (κ3) is 2.80. The van der Waals surface area contributed by atoms with Crippen molar-refractivity contribution in [3.05, 3.63) is 28.8 Å². The van der Waals surface area contributed by atoms with Crippen molar-refractivity contribution in [2.75, 3.05) is 0 Å². The van der Waals surface area contributed by atoms with E-state index in [-0.39, 0.29) is 17.0 Å². The fraction of sp³-hybridized carbons (Fsp3) is 0.455. The first-order chi connectivity index (χ1) is 7.88. The average molecular weight is 276 g/mol. The molecule has 0 aliphatic heterocycles. The van der Waals surface area contributed by atoms with Gasteiger partial charge in [0.15, 0.2) is 0 Å². The van der Waals surface area contributed by atoms with Crippen molar-refractivity contribution in [3.8, 4) is 0 Å². The van der Waals surface area contributed by atoms with Crippen LogP contribution in [0.25, 0.3) is 0 Å². The van der Waals surface area contributed by atoms with Gasteiger partial charge in [0.1, 0.15) is 0 Å². The predicted molar refractivity (Wildman–Crippen MR) is 65.5 cm³/mol. The molecule has 6 heteroatoms. The first-order valence-corrected chi connectivity index (χ1v) is 7.21. The molecule has 1 aliphatic carbocycles. The van der Waals surface area contributed by atoms with E-state index >= 15 is 0 Å². The van der Waals surface area contributed by atoms with Gasteiger partial charge in [-0.1, -0.05) is 11.6 Å². The Balaban J connectivity index is 2.20. The van der Waals surface area contributed by atoms with Crippen LogP contribution in [0.5, 0.6) is 0 Å². The number of benzene rings is 1. The van der Waals surface area contributed by atoms with Crippen LogP contribution in [0, 0.1) is 6.92 Å². The lowest BCUT2D eigenvalue weighted by Gasteiger charge is -2.31. The minimum Gasteiger partial charge on any atom is -0.393 e. The lowest BCUT2D eigenvalue weighted by atomic mass is 9.91. The third-order valence-electron chi connectivity index (χ3n) is 2.86. The van der Waals surface area contributed by atoms with Gasteiger partial charge in [0, 0.05) is 11.1 Å². The number of aryl methyl sites for hydroxylation is 1. The Morgan fingerprint density at radius 2 is 2.06 bits per heavy atom. The van der Waals surface area contributed by atoms with Crippen molar-refractivity contribution in [2.45, 2.75) is 36.8 Å². The second kappa shape index (κ2) is 4.57. The van der Waals surface area contributed by atoms with E-state index in [2.05, 4.69) is 4.72 Å². The fourth-order valence-corrected chi connectivity index (χ4v) is 3.60. The molecule has 0 amide bonds. The maximum Gasteiger partial charge on any atom is 0.241 e. The smallest absolute Gasteiger partial charge is 0.241 e. The van der Waals surface area contributed by atoms with E-state index in [4.69, 9.17) is 16.7 Å². The lowest BCUT2D eigenvalue weighted by Crippen LogP contribution is -2.46. The molecule has 0 heterocycles. The summed E-state index contributed by atoms with van der Waals surface area (Å²) in [5.41, 5.74) is 0.616. The standard InChI is InChI=1S/C11H14ClNO3S/c1-7-4-8(12)2-3-11(7)17(15,16)13-9-5-10(14)6-9/h2-4,9-10,13-14H,5-6H2,1H3. The Kier molecular flexibility index (Phi) is 3.45. The van der Waals surface area contributed by atoms with Crippen LogP contribution in [0.2, 0.25) is 5.02 Å². The zero-order chi connectivity index (χ0) is 12.6. The Morgan fingerprint density at radius 1 is 1.41 bits per heavy atom. The minimum atomic E-state index is -3.51. The summed E-state index contributed by atoms with van der Waals surface area (Å²) in [6.45, 7) is 1.70. The quantitative estimate of drug-likeness (QED) is 0.877. The molecule has 0 atom stereocenters. The first-order valence-electron chi connectivity index (χ1n) is 5.35. The molecule has 1 fully saturated rings. The topological polar surface area (TPSA) is 66.4 Å². The zero-order valence-corrected chi connectivity index (χ0v) is 10.9. The van der Waals surface area contributed by atoms with E-state index in [0.717, 1.165) is 0 Å². The molecule has 0 saturated heterocycles. The number of nitrogens with one attached hydrogen (secondary N) is 1. The second-order valence-electron chi connectivity index (χ2n) is 4.35. The Bertz CT molecular complexity index is 524. The molecule has 17 heavy (non-hydrogen) atoms. The van der Waals surface area contributed by atoms with Crippen LogP contribution in [0.4, 0.5) is 0 Å². The van der Waals surface area contributed by atoms with Gasteiger partial charge >= 0.3 is 0 Å². The number of aliphatic hydroxyl groups is 1. The lowest BCUT2D eigenvalue weighted by molar-refractivity contribution is 0.0712. The molecule has 0 spiro atoms. The molecule has 1 aromatic carbocycles. The van der Waals surface area contributed by atoms with E-state index in [1.54, 1.807) is 19.1 Å². The molecule has 0 unspecified atom stereocenters. The van der Waals surface area contributed by atoms with Crippen molar-refractivity contribution in [1.82, 2.24) is 4.72 Å². The van der Waals surface area contributed by atoms with Gasteiger partial charge in [-0.2, -0.15) is 0 Å². The average Bonchev–Trinajstić information content (AvgIpc) is 2.14. The highest BCUT2D eigenvalue weighted by Crippen LogP contribution is 2.24. The van der Waals surface area contributed by atoms with E-state index < -0.39 is 10.0 Å². The van der Waals surface area contributed by atoms with E-state index in [0.29, 0.717) is 23.4 Å². The van der Waals surface area contributed by atoms with Crippen LogP contribution in [-0.4, -0.2) is 25.7 Å². The highest BCUT2D eigenvalue weighted by Gasteiger charge is 2.31. The summed E-state index contributed by atoms with van der Waals surface area (Å²) in [7, 11) is -3.51. The molecule has 0 radical (unpaired) electrons. The number of rotatable bonds is 3. The molecule has 1 aromatic rings. The minimum absolute atomic E-state index is 0.162. The molecular formula is C11H14ClNO3S. The monoisotopic (exact) mass is 275 g/mol. The third-order valence-corrected chi connectivity index (χ3v) is 4.78. The summed E-state index contributed by atoms with van der Waals surface area (Å²) in [5, 5.41) is 9.64. The summed E-state index contributed by atoms with van der Waals surface area (Å²) in [5.74, 6) is 0. The predicted octanol–water partition coefficient (Wildman–Crippen LogP) is 1.45. The van der Waals surface area contributed by atoms with Gasteiger partial charge in [-0.25, -0.2) is 13.1 Å². The summed E-state index contributed by atoms with van der Waals surface area (Å²) in [6.07, 6.45) is 0.576. The van der Waals surface area contributed by atoms with E-state index in [9.17, 15) is 8.42 Å². The molecule has 2 N–H and O–H groups in total. The van der Waals surface area contributed by atoms with Crippen LogP contribution < -0.4 is 4.72 Å². The van der Waals surface area contributed by atoms with Gasteiger partial charge in [0.25, 0.3) is 0 Å². The van der Waals surface area contributed by atoms with Gasteiger partial charge in [-0.3, -0.25) is 0 Å². The highest BCUT2D eigenvalue weighted by molar-refractivity contribution is 7.89. The Labute approximate surface area is 106 Å². The summed E-state index contributed by atoms with van der Waals surface area (Å²) in [6, 6.07) is 4.50. The van der Waals surface area contributed by atoms with Crippen molar-refractivity contribution < 1.29 is 13.5 Å². The number of sulfonamides is 1. The fourth-order valence-electron chi connectivity index (χ4n) is 1.88. The van der Waals surface area contributed by atoms with Gasteiger partial charge < -0.3 is 5.11 Å². The van der Waals surface area contributed by atoms with Crippen LogP contribution in [-0.2, 0) is 10.0 Å². The summed E-state index contributed by atoms with van der Waals surface area (Å²) >= 11 is 5.78. The molecular weight excluding hydrogens is 262 g/mol. The zero-order valence-electron chi connectivity index (χ0n) is 9.35.